The summed E-state index contributed by atoms with van der Waals surface area (Å²) in [6.07, 6.45) is 10.2. The van der Waals surface area contributed by atoms with E-state index >= 15 is 0 Å². The van der Waals surface area contributed by atoms with Gasteiger partial charge in [0.1, 0.15) is 11.0 Å². The van der Waals surface area contributed by atoms with Crippen molar-refractivity contribution in [3.05, 3.63) is 81.0 Å². The molecule has 4 aromatic rings. The molecule has 4 rings (SSSR count). The van der Waals surface area contributed by atoms with Crippen molar-refractivity contribution in [2.24, 2.45) is 0 Å². The standard InChI is InChI=1S/C25H24N4O3S3/c1-33-7-5-22(25(31)32)29-23(30)20-3-2-16(11-21(20)17-4-8-34-14-17)10-18(24-27-6-9-35-24)12-19-13-26-15-28-19/h2-4,6,8-11,13-15,22H,5,7,12H2,1H3,(H,26,28)(H,29,30)(H,31,32)/b18-10-/t22-/m0/s1. The number of thioether (sulfide) groups is 1. The molecule has 3 N–H and O–H groups in total. The molecular formula is C25H24N4O3S3. The van der Waals surface area contributed by atoms with Crippen LogP contribution < -0.4 is 5.32 Å². The van der Waals surface area contributed by atoms with Crippen LogP contribution in [0.15, 0.2) is 59.1 Å². The van der Waals surface area contributed by atoms with Crippen molar-refractivity contribution in [2.45, 2.75) is 18.9 Å². The predicted molar refractivity (Wildman–Crippen MR) is 144 cm³/mol. The van der Waals surface area contributed by atoms with E-state index in [9.17, 15) is 14.7 Å². The first kappa shape index (κ1) is 24.9. The zero-order valence-electron chi connectivity index (χ0n) is 18.9. The van der Waals surface area contributed by atoms with E-state index in [0.717, 1.165) is 33.0 Å². The van der Waals surface area contributed by atoms with Gasteiger partial charge in [-0.2, -0.15) is 23.1 Å². The summed E-state index contributed by atoms with van der Waals surface area (Å²) in [5, 5.41) is 19.0. The fraction of sp³-hybridized carbons (Fsp3) is 0.200. The Bertz CT molecular complexity index is 1280. The number of benzene rings is 1. The average molecular weight is 525 g/mol. The molecule has 0 bridgehead atoms. The number of aromatic amines is 1. The first-order valence-corrected chi connectivity index (χ1v) is 14.0. The molecule has 3 aromatic heterocycles. The maximum Gasteiger partial charge on any atom is 0.326 e. The predicted octanol–water partition coefficient (Wildman–Crippen LogP) is 5.31. The summed E-state index contributed by atoms with van der Waals surface area (Å²) in [7, 11) is 0. The first-order chi connectivity index (χ1) is 17.0. The fourth-order valence-corrected chi connectivity index (χ4v) is 5.38. The number of thiazole rings is 1. The maximum absolute atomic E-state index is 13.2. The van der Waals surface area contributed by atoms with Gasteiger partial charge in [-0.05, 0) is 75.7 Å². The Labute approximate surface area is 215 Å². The highest BCUT2D eigenvalue weighted by atomic mass is 32.2. The highest BCUT2D eigenvalue weighted by Crippen LogP contribution is 2.30. The Morgan fingerprint density at radius 3 is 2.83 bits per heavy atom. The van der Waals surface area contributed by atoms with Crippen LogP contribution in [0.3, 0.4) is 0 Å². The lowest BCUT2D eigenvalue weighted by molar-refractivity contribution is -0.139. The van der Waals surface area contributed by atoms with Gasteiger partial charge in [-0.25, -0.2) is 14.8 Å². The second-order valence-corrected chi connectivity index (χ2v) is 10.4. The number of imidazole rings is 1. The van der Waals surface area contributed by atoms with Crippen LogP contribution in [0.25, 0.3) is 22.8 Å². The Morgan fingerprint density at radius 2 is 2.17 bits per heavy atom. The molecule has 7 nitrogen and oxygen atoms in total. The summed E-state index contributed by atoms with van der Waals surface area (Å²) in [6, 6.07) is 6.63. The topological polar surface area (TPSA) is 108 Å². The number of aliphatic carboxylic acids is 1. The minimum absolute atomic E-state index is 0.363. The van der Waals surface area contributed by atoms with Crippen molar-refractivity contribution >= 4 is 58.0 Å². The highest BCUT2D eigenvalue weighted by molar-refractivity contribution is 7.98. The lowest BCUT2D eigenvalue weighted by Gasteiger charge is -2.16. The first-order valence-electron chi connectivity index (χ1n) is 10.8. The van der Waals surface area contributed by atoms with E-state index in [1.807, 2.05) is 40.6 Å². The number of H-pyrrole nitrogens is 1. The normalized spacial score (nSPS) is 12.4. The van der Waals surface area contributed by atoms with Gasteiger partial charge < -0.3 is 15.4 Å². The molecule has 1 atom stereocenters. The van der Waals surface area contributed by atoms with Gasteiger partial charge in [0, 0.05) is 35.5 Å². The fourth-order valence-electron chi connectivity index (χ4n) is 3.59. The number of hydrogen-bond donors (Lipinski definition) is 3. The van der Waals surface area contributed by atoms with E-state index in [1.165, 1.54) is 0 Å². The Kier molecular flexibility index (Phi) is 8.51. The Hall–Kier alpha value is -3.21. The molecule has 0 unspecified atom stereocenters. The smallest absolute Gasteiger partial charge is 0.326 e. The SMILES string of the molecule is CSCC[C@H](NC(=O)c1ccc(/C=C(/Cc2cnc[nH]2)c2nccs2)cc1-c1ccsc1)C(=O)O. The maximum atomic E-state index is 13.2. The molecule has 1 amide bonds. The van der Waals surface area contributed by atoms with Crippen LogP contribution in [0.2, 0.25) is 0 Å². The number of carboxylic acid groups (broad SMARTS) is 1. The number of thiophene rings is 1. The molecule has 0 aliphatic heterocycles. The minimum Gasteiger partial charge on any atom is -0.480 e. The van der Waals surface area contributed by atoms with Crippen molar-refractivity contribution in [3.8, 4) is 11.1 Å². The third kappa shape index (κ3) is 6.47. The zero-order chi connectivity index (χ0) is 24.6. The summed E-state index contributed by atoms with van der Waals surface area (Å²) in [4.78, 5) is 36.6. The van der Waals surface area contributed by atoms with Crippen LogP contribution in [0, 0.1) is 0 Å². The largest absolute Gasteiger partial charge is 0.480 e. The summed E-state index contributed by atoms with van der Waals surface area (Å²) < 4.78 is 0. The van der Waals surface area contributed by atoms with Gasteiger partial charge >= 0.3 is 5.97 Å². The minimum atomic E-state index is -1.03. The van der Waals surface area contributed by atoms with Crippen molar-refractivity contribution < 1.29 is 14.7 Å². The number of amides is 1. The number of hydrogen-bond acceptors (Lipinski definition) is 7. The third-order valence-electron chi connectivity index (χ3n) is 5.32. The monoisotopic (exact) mass is 524 g/mol. The van der Waals surface area contributed by atoms with Crippen LogP contribution in [-0.2, 0) is 11.2 Å². The van der Waals surface area contributed by atoms with E-state index in [4.69, 9.17) is 0 Å². The second kappa shape index (κ2) is 12.0. The molecule has 0 spiro atoms. The van der Waals surface area contributed by atoms with E-state index < -0.39 is 17.9 Å². The molecule has 0 fully saturated rings. The lowest BCUT2D eigenvalue weighted by Crippen LogP contribution is -2.41. The molecule has 0 radical (unpaired) electrons. The Morgan fingerprint density at radius 1 is 1.29 bits per heavy atom. The summed E-state index contributed by atoms with van der Waals surface area (Å²) in [5.41, 5.74) is 5.04. The van der Waals surface area contributed by atoms with Crippen molar-refractivity contribution in [1.29, 1.82) is 0 Å². The van der Waals surface area contributed by atoms with Crippen LogP contribution >= 0.6 is 34.4 Å². The highest BCUT2D eigenvalue weighted by Gasteiger charge is 2.22. The van der Waals surface area contributed by atoms with Crippen LogP contribution in [0.1, 0.15) is 33.0 Å². The summed E-state index contributed by atoms with van der Waals surface area (Å²) in [5.74, 6) is -0.780. The molecule has 180 valence electrons. The van der Waals surface area contributed by atoms with Gasteiger partial charge in [-0.1, -0.05) is 6.07 Å². The van der Waals surface area contributed by atoms with E-state index in [0.29, 0.717) is 24.2 Å². The molecule has 0 aliphatic carbocycles. The number of carbonyl (C=O) groups is 2. The number of rotatable bonds is 11. The number of aromatic nitrogens is 3. The average Bonchev–Trinajstić information content (AvgIpc) is 3.64. The van der Waals surface area contributed by atoms with Gasteiger partial charge in [0.25, 0.3) is 5.91 Å². The van der Waals surface area contributed by atoms with E-state index in [1.54, 1.807) is 59.2 Å². The van der Waals surface area contributed by atoms with Crippen molar-refractivity contribution in [2.75, 3.05) is 12.0 Å². The Balaban J connectivity index is 1.69. The second-order valence-electron chi connectivity index (χ2n) is 7.72. The molecule has 0 saturated heterocycles. The quantitative estimate of drug-likeness (QED) is 0.245. The molecular weight excluding hydrogens is 501 g/mol. The number of carbonyl (C=O) groups excluding carboxylic acids is 1. The van der Waals surface area contributed by atoms with Gasteiger partial charge in [-0.3, -0.25) is 4.79 Å². The van der Waals surface area contributed by atoms with Gasteiger partial charge in [0.15, 0.2) is 0 Å². The van der Waals surface area contributed by atoms with Gasteiger partial charge in [0.2, 0.25) is 0 Å². The van der Waals surface area contributed by atoms with Crippen LogP contribution in [-0.4, -0.2) is 50.0 Å². The van der Waals surface area contributed by atoms with Crippen LogP contribution in [0.4, 0.5) is 0 Å². The molecule has 3 heterocycles. The van der Waals surface area contributed by atoms with Gasteiger partial charge in [-0.15, -0.1) is 11.3 Å². The number of nitrogens with one attached hydrogen (secondary N) is 2. The van der Waals surface area contributed by atoms with Gasteiger partial charge in [0.05, 0.1) is 6.33 Å². The number of allylic oxidation sites excluding steroid dienone is 1. The lowest BCUT2D eigenvalue weighted by atomic mass is 9.96. The molecule has 35 heavy (non-hydrogen) atoms. The molecule has 10 heteroatoms. The van der Waals surface area contributed by atoms with Crippen LogP contribution in [0.5, 0.6) is 0 Å². The molecule has 0 saturated carbocycles. The zero-order valence-corrected chi connectivity index (χ0v) is 21.4. The van der Waals surface area contributed by atoms with Crippen molar-refractivity contribution in [3.63, 3.8) is 0 Å². The van der Waals surface area contributed by atoms with E-state index in [-0.39, 0.29) is 0 Å². The summed E-state index contributed by atoms with van der Waals surface area (Å²) in [6.45, 7) is 0. The van der Waals surface area contributed by atoms with Crippen molar-refractivity contribution in [1.82, 2.24) is 20.3 Å². The third-order valence-corrected chi connectivity index (χ3v) is 7.49. The number of nitrogens with zero attached hydrogens (tertiary/aromatic N) is 2. The summed E-state index contributed by atoms with van der Waals surface area (Å²) >= 11 is 4.66. The number of carboxylic acids is 1. The molecule has 1 aromatic carbocycles. The van der Waals surface area contributed by atoms with E-state index in [2.05, 4.69) is 26.3 Å². The molecule has 0 aliphatic rings.